The molecule has 2 rings (SSSR count). The van der Waals surface area contributed by atoms with Crippen LogP contribution in [0.15, 0.2) is 24.3 Å². The molecule has 0 aliphatic carbocycles. The maximum absolute atomic E-state index is 12.9. The summed E-state index contributed by atoms with van der Waals surface area (Å²) < 4.78 is 5.12. The van der Waals surface area contributed by atoms with E-state index in [9.17, 15) is 14.4 Å². The van der Waals surface area contributed by atoms with Crippen molar-refractivity contribution in [3.8, 4) is 5.75 Å². The van der Waals surface area contributed by atoms with Gasteiger partial charge in [-0.2, -0.15) is 0 Å². The zero-order valence-corrected chi connectivity index (χ0v) is 16.5. The van der Waals surface area contributed by atoms with Crippen molar-refractivity contribution in [2.75, 3.05) is 13.7 Å². The lowest BCUT2D eigenvalue weighted by molar-refractivity contribution is -0.135. The minimum atomic E-state index is -1.20. The number of rotatable bonds is 9. The molecule has 1 saturated heterocycles. The number of urea groups is 1. The largest absolute Gasteiger partial charge is 0.497 e. The summed E-state index contributed by atoms with van der Waals surface area (Å²) in [6.07, 6.45) is 4.15. The fraction of sp³-hybridized carbons (Fsp3) is 0.550. The van der Waals surface area contributed by atoms with Gasteiger partial charge in [0.15, 0.2) is 0 Å². The van der Waals surface area contributed by atoms with E-state index in [1.165, 1.54) is 0 Å². The van der Waals surface area contributed by atoms with E-state index in [4.69, 9.17) is 4.74 Å². The summed E-state index contributed by atoms with van der Waals surface area (Å²) in [5.41, 5.74) is -0.561. The highest BCUT2D eigenvalue weighted by Crippen LogP contribution is 2.29. The van der Waals surface area contributed by atoms with Crippen molar-refractivity contribution in [2.45, 2.75) is 58.0 Å². The number of nitrogens with zero attached hydrogens (tertiary/aromatic N) is 1. The zero-order valence-electron chi connectivity index (χ0n) is 16.5. The second kappa shape index (κ2) is 8.88. The van der Waals surface area contributed by atoms with Crippen molar-refractivity contribution in [3.63, 3.8) is 0 Å². The first-order valence-corrected chi connectivity index (χ1v) is 9.39. The van der Waals surface area contributed by atoms with Crippen molar-refractivity contribution >= 4 is 17.8 Å². The van der Waals surface area contributed by atoms with E-state index in [1.807, 2.05) is 6.92 Å². The molecule has 2 atom stereocenters. The molecular formula is C20H29N3O4. The summed E-state index contributed by atoms with van der Waals surface area (Å²) in [5.74, 6) is -0.111. The van der Waals surface area contributed by atoms with E-state index in [2.05, 4.69) is 17.6 Å². The summed E-state index contributed by atoms with van der Waals surface area (Å²) in [6, 6.07) is 6.37. The Hall–Kier alpha value is -2.57. The number of amides is 4. The van der Waals surface area contributed by atoms with Gasteiger partial charge in [0.05, 0.1) is 7.11 Å². The molecule has 1 aromatic rings. The first-order valence-electron chi connectivity index (χ1n) is 9.39. The van der Waals surface area contributed by atoms with Crippen molar-refractivity contribution in [2.24, 2.45) is 0 Å². The van der Waals surface area contributed by atoms with Crippen LogP contribution in [0.2, 0.25) is 0 Å². The number of nitrogens with one attached hydrogen (secondary N) is 2. The first-order chi connectivity index (χ1) is 12.8. The highest BCUT2D eigenvalue weighted by Gasteiger charge is 2.49. The molecule has 1 aromatic carbocycles. The summed E-state index contributed by atoms with van der Waals surface area (Å²) in [4.78, 5) is 38.4. The van der Waals surface area contributed by atoms with Crippen molar-refractivity contribution in [1.82, 2.24) is 15.5 Å². The molecular weight excluding hydrogens is 346 g/mol. The van der Waals surface area contributed by atoms with Gasteiger partial charge in [0.1, 0.15) is 17.8 Å². The van der Waals surface area contributed by atoms with Gasteiger partial charge < -0.3 is 15.4 Å². The number of carbonyl (C=O) groups is 3. The molecule has 148 valence electrons. The van der Waals surface area contributed by atoms with Crippen LogP contribution in [0.4, 0.5) is 4.79 Å². The van der Waals surface area contributed by atoms with Gasteiger partial charge in [-0.3, -0.25) is 14.5 Å². The van der Waals surface area contributed by atoms with Crippen LogP contribution in [0.1, 0.15) is 52.0 Å². The molecule has 1 aliphatic heterocycles. The summed E-state index contributed by atoms with van der Waals surface area (Å²) >= 11 is 0. The third-order valence-corrected chi connectivity index (χ3v) is 4.89. The third-order valence-electron chi connectivity index (χ3n) is 4.89. The van der Waals surface area contributed by atoms with Crippen LogP contribution in [0.5, 0.6) is 5.75 Å². The Kier molecular flexibility index (Phi) is 6.82. The molecule has 7 heteroatoms. The molecule has 1 heterocycles. The number of hydrogen-bond acceptors (Lipinski definition) is 4. The Balaban J connectivity index is 2.01. The predicted octanol–water partition coefficient (Wildman–Crippen LogP) is 2.55. The van der Waals surface area contributed by atoms with Crippen LogP contribution in [0.25, 0.3) is 0 Å². The van der Waals surface area contributed by atoms with Crippen LogP contribution in [0.3, 0.4) is 0 Å². The maximum atomic E-state index is 12.9. The highest BCUT2D eigenvalue weighted by molar-refractivity contribution is 6.09. The van der Waals surface area contributed by atoms with Gasteiger partial charge in [-0.15, -0.1) is 0 Å². The Morgan fingerprint density at radius 3 is 2.52 bits per heavy atom. The van der Waals surface area contributed by atoms with Gasteiger partial charge in [-0.25, -0.2) is 4.79 Å². The highest BCUT2D eigenvalue weighted by atomic mass is 16.5. The zero-order chi connectivity index (χ0) is 20.0. The molecule has 0 radical (unpaired) electrons. The fourth-order valence-electron chi connectivity index (χ4n) is 3.20. The van der Waals surface area contributed by atoms with E-state index in [0.717, 1.165) is 30.6 Å². The molecule has 0 unspecified atom stereocenters. The van der Waals surface area contributed by atoms with Crippen molar-refractivity contribution in [1.29, 1.82) is 0 Å². The average molecular weight is 375 g/mol. The number of unbranched alkanes of at least 4 members (excludes halogenated alkanes) is 2. The molecule has 27 heavy (non-hydrogen) atoms. The van der Waals surface area contributed by atoms with E-state index in [-0.39, 0.29) is 18.5 Å². The summed E-state index contributed by atoms with van der Waals surface area (Å²) in [5, 5.41) is 5.56. The molecule has 1 fully saturated rings. The maximum Gasteiger partial charge on any atom is 0.325 e. The fourth-order valence-corrected chi connectivity index (χ4v) is 3.20. The number of imide groups is 1. The van der Waals surface area contributed by atoms with E-state index >= 15 is 0 Å². The quantitative estimate of drug-likeness (QED) is 0.513. The molecule has 4 amide bonds. The van der Waals surface area contributed by atoms with Gasteiger partial charge in [0.2, 0.25) is 5.91 Å². The molecule has 0 bridgehead atoms. The van der Waals surface area contributed by atoms with Gasteiger partial charge in [-0.1, -0.05) is 38.3 Å². The Labute approximate surface area is 160 Å². The summed E-state index contributed by atoms with van der Waals surface area (Å²) in [7, 11) is 1.56. The monoisotopic (exact) mass is 375 g/mol. The van der Waals surface area contributed by atoms with Crippen LogP contribution in [0, 0.1) is 0 Å². The third kappa shape index (κ3) is 4.78. The van der Waals surface area contributed by atoms with Crippen molar-refractivity contribution in [3.05, 3.63) is 29.8 Å². The molecule has 7 nitrogen and oxygen atoms in total. The van der Waals surface area contributed by atoms with Crippen LogP contribution in [-0.4, -0.2) is 42.4 Å². The lowest BCUT2D eigenvalue weighted by Crippen LogP contribution is -2.45. The van der Waals surface area contributed by atoms with Gasteiger partial charge in [0.25, 0.3) is 5.91 Å². The lowest BCUT2D eigenvalue weighted by Gasteiger charge is -2.22. The Bertz CT molecular complexity index is 689. The SMILES string of the molecule is CCCCC[C@@H](C)NC(=O)CN1C(=O)N[C@@](C)(c2ccc(OC)cc2)C1=O. The van der Waals surface area contributed by atoms with Gasteiger partial charge in [0, 0.05) is 6.04 Å². The molecule has 0 saturated carbocycles. The normalized spacial score (nSPS) is 20.4. The van der Waals surface area contributed by atoms with Crippen LogP contribution >= 0.6 is 0 Å². The van der Waals surface area contributed by atoms with E-state index in [0.29, 0.717) is 11.3 Å². The van der Waals surface area contributed by atoms with E-state index < -0.39 is 17.5 Å². The lowest BCUT2D eigenvalue weighted by atomic mass is 9.92. The average Bonchev–Trinajstić information content (AvgIpc) is 2.86. The predicted molar refractivity (Wildman–Crippen MR) is 102 cm³/mol. The molecule has 0 spiro atoms. The number of benzene rings is 1. The standard InChI is InChI=1S/C20H29N3O4/c1-5-6-7-8-14(2)21-17(24)13-23-18(25)20(3,22-19(23)26)15-9-11-16(27-4)12-10-15/h9-12,14H,5-8,13H2,1-4H3,(H,21,24)(H,22,26)/t14-,20+/m1/s1. The minimum Gasteiger partial charge on any atom is -0.497 e. The Morgan fingerprint density at radius 2 is 1.93 bits per heavy atom. The topological polar surface area (TPSA) is 87.7 Å². The number of carbonyl (C=O) groups excluding carboxylic acids is 3. The van der Waals surface area contributed by atoms with Gasteiger partial charge in [-0.05, 0) is 38.0 Å². The van der Waals surface area contributed by atoms with Crippen LogP contribution in [-0.2, 0) is 15.1 Å². The molecule has 1 aliphatic rings. The van der Waals surface area contributed by atoms with Gasteiger partial charge >= 0.3 is 6.03 Å². The number of methoxy groups -OCH3 is 1. The number of hydrogen-bond donors (Lipinski definition) is 2. The van der Waals surface area contributed by atoms with Crippen LogP contribution < -0.4 is 15.4 Å². The first kappa shape index (κ1) is 20.7. The minimum absolute atomic E-state index is 0.0118. The smallest absolute Gasteiger partial charge is 0.325 e. The Morgan fingerprint density at radius 1 is 1.26 bits per heavy atom. The second-order valence-electron chi connectivity index (χ2n) is 7.14. The second-order valence-corrected chi connectivity index (χ2v) is 7.14. The van der Waals surface area contributed by atoms with Crippen molar-refractivity contribution < 1.29 is 19.1 Å². The molecule has 0 aromatic heterocycles. The summed E-state index contributed by atoms with van der Waals surface area (Å²) in [6.45, 7) is 5.41. The van der Waals surface area contributed by atoms with E-state index in [1.54, 1.807) is 38.3 Å². The molecule has 2 N–H and O–H groups in total. The number of ether oxygens (including phenoxy) is 1.